The van der Waals surface area contributed by atoms with E-state index in [9.17, 15) is 14.4 Å². The van der Waals surface area contributed by atoms with Crippen LogP contribution in [0.1, 0.15) is 33.1 Å². The molecule has 1 aliphatic rings. The van der Waals surface area contributed by atoms with E-state index >= 15 is 0 Å². The van der Waals surface area contributed by atoms with Crippen molar-refractivity contribution in [1.82, 2.24) is 16.0 Å². The lowest BCUT2D eigenvalue weighted by atomic mass is 9.77. The van der Waals surface area contributed by atoms with E-state index in [1.54, 1.807) is 13.8 Å². The summed E-state index contributed by atoms with van der Waals surface area (Å²) in [6.45, 7) is 3.79. The minimum Gasteiger partial charge on any atom is -0.480 e. The van der Waals surface area contributed by atoms with Gasteiger partial charge in [-0.25, -0.2) is 9.59 Å². The summed E-state index contributed by atoms with van der Waals surface area (Å²) in [6, 6.07) is -1.33. The first kappa shape index (κ1) is 14.3. The molecule has 102 valence electrons. The second kappa shape index (κ2) is 5.70. The largest absolute Gasteiger partial charge is 0.480 e. The molecule has 3 amide bonds. The smallest absolute Gasteiger partial charge is 0.329 e. The minimum absolute atomic E-state index is 0.300. The molecule has 1 rings (SSSR count). The highest BCUT2D eigenvalue weighted by Crippen LogP contribution is 2.31. The summed E-state index contributed by atoms with van der Waals surface area (Å²) < 4.78 is 0. The van der Waals surface area contributed by atoms with E-state index in [1.807, 2.05) is 0 Å². The van der Waals surface area contributed by atoms with Crippen LogP contribution >= 0.6 is 0 Å². The zero-order chi connectivity index (χ0) is 13.8. The molecule has 0 heterocycles. The lowest BCUT2D eigenvalue weighted by molar-refractivity contribution is -0.148. The van der Waals surface area contributed by atoms with Crippen molar-refractivity contribution in [1.29, 1.82) is 0 Å². The van der Waals surface area contributed by atoms with Crippen LogP contribution in [0.25, 0.3) is 0 Å². The zero-order valence-electron chi connectivity index (χ0n) is 10.6. The number of urea groups is 1. The van der Waals surface area contributed by atoms with Gasteiger partial charge in [-0.05, 0) is 33.1 Å². The molecule has 0 spiro atoms. The molecule has 0 aromatic heterocycles. The van der Waals surface area contributed by atoms with Crippen molar-refractivity contribution in [2.45, 2.75) is 44.7 Å². The van der Waals surface area contributed by atoms with E-state index in [-0.39, 0.29) is 5.91 Å². The van der Waals surface area contributed by atoms with Crippen LogP contribution in [0.2, 0.25) is 0 Å². The van der Waals surface area contributed by atoms with E-state index < -0.39 is 23.6 Å². The molecule has 7 nitrogen and oxygen atoms in total. The molecule has 0 aromatic carbocycles. The Morgan fingerprint density at radius 3 is 2.33 bits per heavy atom. The molecule has 1 fully saturated rings. The van der Waals surface area contributed by atoms with Gasteiger partial charge in [-0.2, -0.15) is 0 Å². The third kappa shape index (κ3) is 3.12. The maximum atomic E-state index is 11.6. The predicted octanol–water partition coefficient (Wildman–Crippen LogP) is -0.182. The highest BCUT2D eigenvalue weighted by molar-refractivity contribution is 5.90. The van der Waals surface area contributed by atoms with Crippen molar-refractivity contribution in [2.75, 3.05) is 6.54 Å². The number of rotatable bonds is 5. The molecule has 1 aliphatic carbocycles. The van der Waals surface area contributed by atoms with Crippen LogP contribution in [0.4, 0.5) is 4.79 Å². The number of carbonyl (C=O) groups excluding carboxylic acids is 2. The highest BCUT2D eigenvalue weighted by Gasteiger charge is 2.45. The zero-order valence-corrected chi connectivity index (χ0v) is 10.6. The Labute approximate surface area is 105 Å². The molecule has 0 aliphatic heterocycles. The van der Waals surface area contributed by atoms with Gasteiger partial charge >= 0.3 is 12.0 Å². The van der Waals surface area contributed by atoms with Crippen molar-refractivity contribution < 1.29 is 19.5 Å². The monoisotopic (exact) mass is 257 g/mol. The van der Waals surface area contributed by atoms with Crippen molar-refractivity contribution in [3.8, 4) is 0 Å². The Morgan fingerprint density at radius 1 is 1.33 bits per heavy atom. The fourth-order valence-electron chi connectivity index (χ4n) is 1.77. The average Bonchev–Trinajstić information content (AvgIpc) is 2.23. The summed E-state index contributed by atoms with van der Waals surface area (Å²) in [5.74, 6) is -1.33. The number of likely N-dealkylation sites (N-methyl/N-ethyl adjacent to an activating group) is 1. The number of amides is 3. The molecule has 18 heavy (non-hydrogen) atoms. The Kier molecular flexibility index (Phi) is 4.52. The second-order valence-corrected chi connectivity index (χ2v) is 4.46. The standard InChI is InChI=1S/C11H19N3O4/c1-3-12-8(15)7(2)13-10(18)14-11(9(16)17)5-4-6-11/h7H,3-6H2,1-2H3,(H,12,15)(H,16,17)(H2,13,14,18). The first-order chi connectivity index (χ1) is 8.41. The van der Waals surface area contributed by atoms with E-state index in [1.165, 1.54) is 0 Å². The Balaban J connectivity index is 2.46. The molecular weight excluding hydrogens is 238 g/mol. The summed E-state index contributed by atoms with van der Waals surface area (Å²) >= 11 is 0. The Morgan fingerprint density at radius 2 is 1.94 bits per heavy atom. The van der Waals surface area contributed by atoms with E-state index in [4.69, 9.17) is 5.11 Å². The van der Waals surface area contributed by atoms with Crippen LogP contribution < -0.4 is 16.0 Å². The first-order valence-electron chi connectivity index (χ1n) is 6.01. The van der Waals surface area contributed by atoms with E-state index in [2.05, 4.69) is 16.0 Å². The maximum absolute atomic E-state index is 11.6. The lowest BCUT2D eigenvalue weighted by Crippen LogP contribution is -2.62. The summed E-state index contributed by atoms with van der Waals surface area (Å²) in [5, 5.41) is 16.5. The van der Waals surface area contributed by atoms with Crippen LogP contribution in [-0.4, -0.2) is 41.1 Å². The van der Waals surface area contributed by atoms with Crippen LogP contribution in [0.15, 0.2) is 0 Å². The number of hydrogen-bond acceptors (Lipinski definition) is 3. The molecule has 0 radical (unpaired) electrons. The van der Waals surface area contributed by atoms with Gasteiger partial charge in [0.2, 0.25) is 5.91 Å². The minimum atomic E-state index is -1.16. The number of carboxylic acid groups (broad SMARTS) is 1. The number of carbonyl (C=O) groups is 3. The molecule has 7 heteroatoms. The summed E-state index contributed by atoms with van der Waals surface area (Å²) in [6.07, 6.45) is 1.62. The SMILES string of the molecule is CCNC(=O)C(C)NC(=O)NC1(C(=O)O)CCC1. The van der Waals surface area contributed by atoms with Gasteiger partial charge in [0.25, 0.3) is 0 Å². The van der Waals surface area contributed by atoms with Gasteiger partial charge in [0.1, 0.15) is 11.6 Å². The van der Waals surface area contributed by atoms with Crippen molar-refractivity contribution in [3.63, 3.8) is 0 Å². The quantitative estimate of drug-likeness (QED) is 0.548. The number of nitrogens with one attached hydrogen (secondary N) is 3. The van der Waals surface area contributed by atoms with Gasteiger partial charge < -0.3 is 21.1 Å². The van der Waals surface area contributed by atoms with Crippen LogP contribution in [0, 0.1) is 0 Å². The van der Waals surface area contributed by atoms with Crippen molar-refractivity contribution >= 4 is 17.9 Å². The Bertz CT molecular complexity index is 352. The number of aliphatic carboxylic acids is 1. The number of carboxylic acids is 1. The fraction of sp³-hybridized carbons (Fsp3) is 0.727. The summed E-state index contributed by atoms with van der Waals surface area (Å²) in [7, 11) is 0. The molecule has 1 unspecified atom stereocenters. The van der Waals surface area contributed by atoms with Gasteiger partial charge in [0.05, 0.1) is 0 Å². The number of hydrogen-bond donors (Lipinski definition) is 4. The molecule has 0 saturated heterocycles. The molecule has 1 saturated carbocycles. The molecule has 0 aromatic rings. The third-order valence-corrected chi connectivity index (χ3v) is 3.06. The normalized spacial score (nSPS) is 18.1. The highest BCUT2D eigenvalue weighted by atomic mass is 16.4. The van der Waals surface area contributed by atoms with E-state index in [0.29, 0.717) is 19.4 Å². The molecular formula is C11H19N3O4. The topological polar surface area (TPSA) is 108 Å². The van der Waals surface area contributed by atoms with Crippen molar-refractivity contribution in [3.05, 3.63) is 0 Å². The fourth-order valence-corrected chi connectivity index (χ4v) is 1.77. The third-order valence-electron chi connectivity index (χ3n) is 3.06. The Hall–Kier alpha value is -1.79. The molecule has 1 atom stereocenters. The molecule has 0 bridgehead atoms. The van der Waals surface area contributed by atoms with Gasteiger partial charge in [-0.15, -0.1) is 0 Å². The molecule has 4 N–H and O–H groups in total. The van der Waals surface area contributed by atoms with Gasteiger partial charge in [-0.1, -0.05) is 0 Å². The first-order valence-corrected chi connectivity index (χ1v) is 6.01. The van der Waals surface area contributed by atoms with Crippen molar-refractivity contribution in [2.24, 2.45) is 0 Å². The second-order valence-electron chi connectivity index (χ2n) is 4.46. The maximum Gasteiger partial charge on any atom is 0.329 e. The lowest BCUT2D eigenvalue weighted by Gasteiger charge is -2.38. The van der Waals surface area contributed by atoms with Crippen LogP contribution in [0.5, 0.6) is 0 Å². The van der Waals surface area contributed by atoms with Gasteiger partial charge in [0, 0.05) is 6.54 Å². The summed E-state index contributed by atoms with van der Waals surface area (Å²) in [4.78, 5) is 34.0. The predicted molar refractivity (Wildman–Crippen MR) is 64.0 cm³/mol. The van der Waals surface area contributed by atoms with Crippen LogP contribution in [0.3, 0.4) is 0 Å². The van der Waals surface area contributed by atoms with Crippen LogP contribution in [-0.2, 0) is 9.59 Å². The average molecular weight is 257 g/mol. The summed E-state index contributed by atoms with van der Waals surface area (Å²) in [5.41, 5.74) is -1.16. The van der Waals surface area contributed by atoms with Gasteiger partial charge in [0.15, 0.2) is 0 Å². The van der Waals surface area contributed by atoms with Gasteiger partial charge in [-0.3, -0.25) is 4.79 Å². The van der Waals surface area contributed by atoms with E-state index in [0.717, 1.165) is 6.42 Å².